The van der Waals surface area contributed by atoms with Crippen LogP contribution in [0, 0.1) is 6.92 Å². The van der Waals surface area contributed by atoms with Crippen molar-refractivity contribution in [1.82, 2.24) is 25.4 Å². The number of aryl methyl sites for hydroxylation is 1. The summed E-state index contributed by atoms with van der Waals surface area (Å²) in [5.41, 5.74) is 0.764. The SMILES string of the molecule is Cc1nc(C(=O)NCCC(=O)NC(C)C)nn1-c1ccc(Cl)cc1. The lowest BCUT2D eigenvalue weighted by Crippen LogP contribution is -2.34. The van der Waals surface area contributed by atoms with E-state index in [4.69, 9.17) is 11.6 Å². The fourth-order valence-electron chi connectivity index (χ4n) is 2.08. The third kappa shape index (κ3) is 4.79. The van der Waals surface area contributed by atoms with Crippen LogP contribution >= 0.6 is 11.6 Å². The first-order chi connectivity index (χ1) is 11.4. The molecular weight excluding hydrogens is 330 g/mol. The Labute approximate surface area is 145 Å². The second kappa shape index (κ2) is 7.92. The zero-order valence-corrected chi connectivity index (χ0v) is 14.6. The monoisotopic (exact) mass is 349 g/mol. The third-order valence-electron chi connectivity index (χ3n) is 3.13. The summed E-state index contributed by atoms with van der Waals surface area (Å²) in [5, 5.41) is 10.2. The zero-order chi connectivity index (χ0) is 17.7. The molecular formula is C16H20ClN5O2. The summed E-state index contributed by atoms with van der Waals surface area (Å²) >= 11 is 5.87. The first-order valence-electron chi connectivity index (χ1n) is 7.64. The highest BCUT2D eigenvalue weighted by Gasteiger charge is 2.15. The van der Waals surface area contributed by atoms with Gasteiger partial charge in [-0.3, -0.25) is 9.59 Å². The van der Waals surface area contributed by atoms with Gasteiger partial charge in [-0.2, -0.15) is 0 Å². The standard InChI is InChI=1S/C16H20ClN5O2/c1-10(2)19-14(23)8-9-18-16(24)15-20-11(3)22(21-15)13-6-4-12(17)5-7-13/h4-7,10H,8-9H2,1-3H3,(H,18,24)(H,19,23). The number of hydrogen-bond acceptors (Lipinski definition) is 4. The number of rotatable bonds is 6. The molecule has 2 aromatic rings. The van der Waals surface area contributed by atoms with Crippen molar-refractivity contribution in [2.75, 3.05) is 6.54 Å². The number of benzene rings is 1. The van der Waals surface area contributed by atoms with E-state index in [1.165, 1.54) is 0 Å². The summed E-state index contributed by atoms with van der Waals surface area (Å²) in [6, 6.07) is 7.15. The summed E-state index contributed by atoms with van der Waals surface area (Å²) in [6.07, 6.45) is 0.209. The molecule has 0 atom stereocenters. The van der Waals surface area contributed by atoms with E-state index in [9.17, 15) is 9.59 Å². The average Bonchev–Trinajstić information content (AvgIpc) is 2.89. The van der Waals surface area contributed by atoms with Crippen LogP contribution in [0.25, 0.3) is 5.69 Å². The molecule has 0 radical (unpaired) electrons. The summed E-state index contributed by atoms with van der Waals surface area (Å²) in [6.45, 7) is 5.75. The molecule has 1 aromatic carbocycles. The maximum atomic E-state index is 12.1. The molecule has 0 spiro atoms. The van der Waals surface area contributed by atoms with Gasteiger partial charge in [-0.05, 0) is 45.0 Å². The Kier molecular flexibility index (Phi) is 5.92. The van der Waals surface area contributed by atoms with E-state index in [1.54, 1.807) is 35.9 Å². The minimum atomic E-state index is -0.414. The molecule has 0 saturated carbocycles. The van der Waals surface area contributed by atoms with Gasteiger partial charge in [0.25, 0.3) is 5.91 Å². The Hall–Kier alpha value is -2.41. The maximum absolute atomic E-state index is 12.1. The topological polar surface area (TPSA) is 88.9 Å². The molecule has 2 amide bonds. The molecule has 1 heterocycles. The fraction of sp³-hybridized carbons (Fsp3) is 0.375. The van der Waals surface area contributed by atoms with E-state index < -0.39 is 5.91 Å². The number of nitrogens with zero attached hydrogens (tertiary/aromatic N) is 3. The van der Waals surface area contributed by atoms with Crippen molar-refractivity contribution in [3.63, 3.8) is 0 Å². The van der Waals surface area contributed by atoms with Gasteiger partial charge in [0.2, 0.25) is 11.7 Å². The van der Waals surface area contributed by atoms with E-state index >= 15 is 0 Å². The first-order valence-corrected chi connectivity index (χ1v) is 8.02. The Morgan fingerprint density at radius 2 is 1.92 bits per heavy atom. The second-order valence-electron chi connectivity index (χ2n) is 5.60. The zero-order valence-electron chi connectivity index (χ0n) is 13.8. The smallest absolute Gasteiger partial charge is 0.290 e. The third-order valence-corrected chi connectivity index (χ3v) is 3.38. The Morgan fingerprint density at radius 3 is 2.54 bits per heavy atom. The van der Waals surface area contributed by atoms with Crippen LogP contribution < -0.4 is 10.6 Å². The molecule has 0 aliphatic rings. The Balaban J connectivity index is 1.97. The van der Waals surface area contributed by atoms with Gasteiger partial charge in [-0.15, -0.1) is 5.10 Å². The molecule has 0 fully saturated rings. The van der Waals surface area contributed by atoms with Gasteiger partial charge in [0.05, 0.1) is 5.69 Å². The number of aromatic nitrogens is 3. The molecule has 8 heteroatoms. The molecule has 2 N–H and O–H groups in total. The minimum Gasteiger partial charge on any atom is -0.354 e. The van der Waals surface area contributed by atoms with E-state index in [1.807, 2.05) is 13.8 Å². The van der Waals surface area contributed by atoms with Crippen molar-refractivity contribution in [1.29, 1.82) is 0 Å². The van der Waals surface area contributed by atoms with Gasteiger partial charge in [-0.25, -0.2) is 9.67 Å². The van der Waals surface area contributed by atoms with Crippen molar-refractivity contribution in [3.8, 4) is 5.69 Å². The van der Waals surface area contributed by atoms with Crippen LogP contribution in [-0.2, 0) is 4.79 Å². The lowest BCUT2D eigenvalue weighted by atomic mass is 10.3. The largest absolute Gasteiger partial charge is 0.354 e. The molecule has 2 rings (SSSR count). The van der Waals surface area contributed by atoms with Crippen LogP contribution in [0.4, 0.5) is 0 Å². The number of amides is 2. The van der Waals surface area contributed by atoms with Gasteiger partial charge in [0.1, 0.15) is 5.82 Å². The van der Waals surface area contributed by atoms with Crippen LogP contribution in [0.3, 0.4) is 0 Å². The molecule has 0 unspecified atom stereocenters. The number of carbonyl (C=O) groups is 2. The Morgan fingerprint density at radius 1 is 1.25 bits per heavy atom. The Bertz CT molecular complexity index is 725. The fourth-order valence-corrected chi connectivity index (χ4v) is 2.20. The maximum Gasteiger partial charge on any atom is 0.290 e. The van der Waals surface area contributed by atoms with E-state index in [0.717, 1.165) is 5.69 Å². The normalized spacial score (nSPS) is 10.7. The summed E-state index contributed by atoms with van der Waals surface area (Å²) in [5.74, 6) is 0.121. The van der Waals surface area contributed by atoms with Gasteiger partial charge in [0, 0.05) is 24.0 Å². The van der Waals surface area contributed by atoms with Crippen molar-refractivity contribution in [2.45, 2.75) is 33.2 Å². The molecule has 1 aromatic heterocycles. The summed E-state index contributed by atoms with van der Waals surface area (Å²) in [7, 11) is 0. The van der Waals surface area contributed by atoms with E-state index in [-0.39, 0.29) is 30.7 Å². The molecule has 7 nitrogen and oxygen atoms in total. The lowest BCUT2D eigenvalue weighted by Gasteiger charge is -2.08. The number of hydrogen-bond donors (Lipinski definition) is 2. The predicted octanol–water partition coefficient (Wildman–Crippen LogP) is 1.87. The van der Waals surface area contributed by atoms with Crippen molar-refractivity contribution < 1.29 is 9.59 Å². The van der Waals surface area contributed by atoms with Gasteiger partial charge < -0.3 is 10.6 Å². The van der Waals surface area contributed by atoms with Crippen LogP contribution in [0.15, 0.2) is 24.3 Å². The van der Waals surface area contributed by atoms with Crippen LogP contribution in [0.2, 0.25) is 5.02 Å². The van der Waals surface area contributed by atoms with Crippen LogP contribution in [0.5, 0.6) is 0 Å². The van der Waals surface area contributed by atoms with Crippen molar-refractivity contribution >= 4 is 23.4 Å². The van der Waals surface area contributed by atoms with Gasteiger partial charge in [0.15, 0.2) is 0 Å². The minimum absolute atomic E-state index is 0.0618. The summed E-state index contributed by atoms with van der Waals surface area (Å²) < 4.78 is 1.57. The van der Waals surface area contributed by atoms with Crippen molar-refractivity contribution in [2.24, 2.45) is 0 Å². The summed E-state index contributed by atoms with van der Waals surface area (Å²) in [4.78, 5) is 27.8. The quantitative estimate of drug-likeness (QED) is 0.833. The molecule has 24 heavy (non-hydrogen) atoms. The van der Waals surface area contributed by atoms with Crippen LogP contribution in [0.1, 0.15) is 36.7 Å². The predicted molar refractivity (Wildman–Crippen MR) is 91.3 cm³/mol. The molecule has 0 aliphatic heterocycles. The van der Waals surface area contributed by atoms with E-state index in [2.05, 4.69) is 20.7 Å². The molecule has 128 valence electrons. The van der Waals surface area contributed by atoms with Crippen LogP contribution in [-0.4, -0.2) is 39.2 Å². The lowest BCUT2D eigenvalue weighted by molar-refractivity contribution is -0.121. The highest BCUT2D eigenvalue weighted by molar-refractivity contribution is 6.30. The first kappa shape index (κ1) is 17.9. The highest BCUT2D eigenvalue weighted by atomic mass is 35.5. The highest BCUT2D eigenvalue weighted by Crippen LogP contribution is 2.14. The molecule has 0 aliphatic carbocycles. The van der Waals surface area contributed by atoms with E-state index in [0.29, 0.717) is 10.8 Å². The number of nitrogens with one attached hydrogen (secondary N) is 2. The number of halogens is 1. The van der Waals surface area contributed by atoms with Gasteiger partial charge in [-0.1, -0.05) is 11.6 Å². The molecule has 0 bridgehead atoms. The van der Waals surface area contributed by atoms with Crippen molar-refractivity contribution in [3.05, 3.63) is 40.9 Å². The molecule has 0 saturated heterocycles. The van der Waals surface area contributed by atoms with Gasteiger partial charge >= 0.3 is 0 Å². The second-order valence-corrected chi connectivity index (χ2v) is 6.04. The number of carbonyl (C=O) groups excluding carboxylic acids is 2. The average molecular weight is 350 g/mol.